The summed E-state index contributed by atoms with van der Waals surface area (Å²) >= 11 is 0. The van der Waals surface area contributed by atoms with Gasteiger partial charge in [0.15, 0.2) is 11.5 Å². The number of rotatable bonds is 7. The third-order valence-corrected chi connectivity index (χ3v) is 3.58. The van der Waals surface area contributed by atoms with Gasteiger partial charge in [0.2, 0.25) is 5.75 Å². The largest absolute Gasteiger partial charge is 0.493 e. The summed E-state index contributed by atoms with van der Waals surface area (Å²) < 4.78 is 15.6. The predicted molar refractivity (Wildman–Crippen MR) is 98.3 cm³/mol. The first kappa shape index (κ1) is 20.5. The number of carbonyl (C=O) groups excluding carboxylic acids is 3. The van der Waals surface area contributed by atoms with Crippen LogP contribution in [0.25, 0.3) is 0 Å². The van der Waals surface area contributed by atoms with Crippen molar-refractivity contribution in [3.05, 3.63) is 47.8 Å². The smallest absolute Gasteiger partial charge is 0.271 e. The van der Waals surface area contributed by atoms with Crippen LogP contribution in [0.15, 0.2) is 36.7 Å². The number of hydrogen-bond donors (Lipinski definition) is 3. The first-order chi connectivity index (χ1) is 13.5. The van der Waals surface area contributed by atoms with Crippen molar-refractivity contribution in [3.63, 3.8) is 0 Å². The van der Waals surface area contributed by atoms with Crippen LogP contribution in [0.1, 0.15) is 20.7 Å². The van der Waals surface area contributed by atoms with Gasteiger partial charge in [-0.2, -0.15) is 0 Å². The number of pyridine rings is 1. The van der Waals surface area contributed by atoms with Crippen molar-refractivity contribution in [2.24, 2.45) is 0 Å². The van der Waals surface area contributed by atoms with E-state index in [0.29, 0.717) is 17.2 Å². The van der Waals surface area contributed by atoms with E-state index in [0.717, 1.165) is 0 Å². The number of carbonyl (C=O) groups is 3. The third kappa shape index (κ3) is 5.10. The number of benzene rings is 1. The summed E-state index contributed by atoms with van der Waals surface area (Å²) in [5.74, 6) is -0.721. The zero-order valence-electron chi connectivity index (χ0n) is 15.6. The molecule has 2 aromatic rings. The highest BCUT2D eigenvalue weighted by Crippen LogP contribution is 2.38. The Balaban J connectivity index is 1.92. The predicted octanol–water partition coefficient (Wildman–Crippen LogP) is 0.298. The molecular weight excluding hydrogens is 368 g/mol. The van der Waals surface area contributed by atoms with Crippen molar-refractivity contribution in [1.29, 1.82) is 0 Å². The zero-order chi connectivity index (χ0) is 20.5. The lowest BCUT2D eigenvalue weighted by Gasteiger charge is -2.14. The number of aromatic nitrogens is 1. The summed E-state index contributed by atoms with van der Waals surface area (Å²) in [6.45, 7) is -0.358. The van der Waals surface area contributed by atoms with E-state index >= 15 is 0 Å². The normalized spacial score (nSPS) is 9.82. The van der Waals surface area contributed by atoms with E-state index in [-0.39, 0.29) is 17.7 Å². The van der Waals surface area contributed by atoms with Gasteiger partial charge in [-0.25, -0.2) is 0 Å². The second-order valence-electron chi connectivity index (χ2n) is 5.34. The summed E-state index contributed by atoms with van der Waals surface area (Å²) in [5, 5.41) is 2.44. The molecule has 1 aromatic carbocycles. The quantitative estimate of drug-likeness (QED) is 0.582. The molecule has 3 amide bonds. The SMILES string of the molecule is COc1cc(C(=O)NCC(=O)NNC(=O)c2cccnc2)cc(OC)c1OC. The molecule has 2 rings (SSSR count). The maximum Gasteiger partial charge on any atom is 0.271 e. The molecule has 0 atom stereocenters. The van der Waals surface area contributed by atoms with Crippen LogP contribution in [0, 0.1) is 0 Å². The Morgan fingerprint density at radius 1 is 0.929 bits per heavy atom. The van der Waals surface area contributed by atoms with Crippen LogP contribution in [0.2, 0.25) is 0 Å². The fourth-order valence-corrected chi connectivity index (χ4v) is 2.21. The molecule has 1 heterocycles. The van der Waals surface area contributed by atoms with E-state index in [1.807, 2.05) is 0 Å². The highest BCUT2D eigenvalue weighted by molar-refractivity contribution is 5.98. The summed E-state index contributed by atoms with van der Waals surface area (Å²) in [4.78, 5) is 39.8. The van der Waals surface area contributed by atoms with Gasteiger partial charge < -0.3 is 19.5 Å². The first-order valence-corrected chi connectivity index (χ1v) is 8.07. The summed E-state index contributed by atoms with van der Waals surface area (Å²) in [5.41, 5.74) is 4.92. The molecule has 0 aliphatic heterocycles. The van der Waals surface area contributed by atoms with Gasteiger partial charge in [0, 0.05) is 18.0 Å². The van der Waals surface area contributed by atoms with Crippen LogP contribution >= 0.6 is 0 Å². The summed E-state index contributed by atoms with van der Waals surface area (Å²) in [6.07, 6.45) is 2.88. The first-order valence-electron chi connectivity index (χ1n) is 8.07. The number of amides is 3. The minimum Gasteiger partial charge on any atom is -0.493 e. The van der Waals surface area contributed by atoms with Crippen molar-refractivity contribution in [1.82, 2.24) is 21.2 Å². The van der Waals surface area contributed by atoms with Crippen molar-refractivity contribution < 1.29 is 28.6 Å². The van der Waals surface area contributed by atoms with Crippen LogP contribution in [-0.2, 0) is 4.79 Å². The number of hydrogen-bond acceptors (Lipinski definition) is 7. The zero-order valence-corrected chi connectivity index (χ0v) is 15.6. The monoisotopic (exact) mass is 388 g/mol. The van der Waals surface area contributed by atoms with Gasteiger partial charge in [0.25, 0.3) is 17.7 Å². The second-order valence-corrected chi connectivity index (χ2v) is 5.34. The third-order valence-electron chi connectivity index (χ3n) is 3.58. The molecular formula is C18H20N4O6. The molecule has 3 N–H and O–H groups in total. The Hall–Kier alpha value is -3.82. The highest BCUT2D eigenvalue weighted by atomic mass is 16.5. The number of methoxy groups -OCH3 is 3. The van der Waals surface area contributed by atoms with E-state index in [2.05, 4.69) is 21.2 Å². The van der Waals surface area contributed by atoms with Crippen LogP contribution < -0.4 is 30.4 Å². The molecule has 0 spiro atoms. The summed E-state index contributed by atoms with van der Waals surface area (Å²) in [6, 6.07) is 6.05. The highest BCUT2D eigenvalue weighted by Gasteiger charge is 2.17. The van der Waals surface area contributed by atoms with Crippen molar-refractivity contribution in [2.45, 2.75) is 0 Å². The van der Waals surface area contributed by atoms with Crippen LogP contribution in [-0.4, -0.2) is 50.6 Å². The van der Waals surface area contributed by atoms with E-state index in [9.17, 15) is 14.4 Å². The lowest BCUT2D eigenvalue weighted by atomic mass is 10.1. The fraction of sp³-hybridized carbons (Fsp3) is 0.222. The summed E-state index contributed by atoms with van der Waals surface area (Å²) in [7, 11) is 4.30. The van der Waals surface area contributed by atoms with E-state index < -0.39 is 17.7 Å². The Labute approximate surface area is 161 Å². The molecule has 0 saturated heterocycles. The minimum absolute atomic E-state index is 0.210. The number of nitrogens with zero attached hydrogens (tertiary/aromatic N) is 1. The molecule has 0 fully saturated rings. The Morgan fingerprint density at radius 2 is 1.61 bits per heavy atom. The lowest BCUT2D eigenvalue weighted by Crippen LogP contribution is -2.46. The van der Waals surface area contributed by atoms with Crippen molar-refractivity contribution in [3.8, 4) is 17.2 Å². The molecule has 0 aliphatic carbocycles. The van der Waals surface area contributed by atoms with Gasteiger partial charge >= 0.3 is 0 Å². The molecule has 0 unspecified atom stereocenters. The molecule has 0 aliphatic rings. The van der Waals surface area contributed by atoms with Crippen LogP contribution in [0.4, 0.5) is 0 Å². The maximum absolute atomic E-state index is 12.3. The molecule has 0 radical (unpaired) electrons. The topological polar surface area (TPSA) is 128 Å². The van der Waals surface area contributed by atoms with E-state index in [4.69, 9.17) is 14.2 Å². The van der Waals surface area contributed by atoms with Gasteiger partial charge in [-0.15, -0.1) is 0 Å². The Kier molecular flexibility index (Phi) is 7.14. The molecule has 10 heteroatoms. The Morgan fingerprint density at radius 3 is 2.14 bits per heavy atom. The van der Waals surface area contributed by atoms with Gasteiger partial charge in [0.1, 0.15) is 0 Å². The average molecular weight is 388 g/mol. The molecule has 10 nitrogen and oxygen atoms in total. The Bertz CT molecular complexity index is 831. The second kappa shape index (κ2) is 9.76. The molecule has 0 bridgehead atoms. The van der Waals surface area contributed by atoms with Crippen LogP contribution in [0.3, 0.4) is 0 Å². The minimum atomic E-state index is -0.613. The molecule has 0 saturated carbocycles. The van der Waals surface area contributed by atoms with Crippen molar-refractivity contribution >= 4 is 17.7 Å². The maximum atomic E-state index is 12.3. The number of ether oxygens (including phenoxy) is 3. The van der Waals surface area contributed by atoms with E-state index in [1.54, 1.807) is 12.1 Å². The standard InChI is InChI=1S/C18H20N4O6/c1-26-13-7-12(8-14(27-2)16(13)28-3)17(24)20-10-15(23)21-22-18(25)11-5-4-6-19-9-11/h4-9H,10H2,1-3H3,(H,20,24)(H,21,23)(H,22,25). The molecule has 148 valence electrons. The van der Waals surface area contributed by atoms with Crippen LogP contribution in [0.5, 0.6) is 17.2 Å². The number of hydrazine groups is 1. The van der Waals surface area contributed by atoms with Gasteiger partial charge in [-0.05, 0) is 24.3 Å². The molecule has 1 aromatic heterocycles. The average Bonchev–Trinajstić information content (AvgIpc) is 2.74. The van der Waals surface area contributed by atoms with Gasteiger partial charge in [-0.3, -0.25) is 30.2 Å². The fourth-order valence-electron chi connectivity index (χ4n) is 2.21. The number of nitrogens with one attached hydrogen (secondary N) is 3. The lowest BCUT2D eigenvalue weighted by molar-refractivity contribution is -0.120. The molecule has 28 heavy (non-hydrogen) atoms. The van der Waals surface area contributed by atoms with Gasteiger partial charge in [-0.1, -0.05) is 0 Å². The van der Waals surface area contributed by atoms with Gasteiger partial charge in [0.05, 0.1) is 33.4 Å². The van der Waals surface area contributed by atoms with E-state index in [1.165, 1.54) is 45.9 Å². The van der Waals surface area contributed by atoms with Crippen molar-refractivity contribution in [2.75, 3.05) is 27.9 Å².